The summed E-state index contributed by atoms with van der Waals surface area (Å²) in [5.41, 5.74) is 0.576. The second-order valence-electron chi connectivity index (χ2n) is 4.24. The van der Waals surface area contributed by atoms with Crippen molar-refractivity contribution in [3.63, 3.8) is 0 Å². The minimum atomic E-state index is 0.237. The van der Waals surface area contributed by atoms with Gasteiger partial charge in [0.25, 0.3) is 0 Å². The molecule has 0 atom stereocenters. The van der Waals surface area contributed by atoms with Gasteiger partial charge in [-0.25, -0.2) is 0 Å². The fourth-order valence-electron chi connectivity index (χ4n) is 1.69. The van der Waals surface area contributed by atoms with Crippen LogP contribution in [-0.4, -0.2) is 28.5 Å². The second kappa shape index (κ2) is 4.45. The Bertz CT molecular complexity index is 391. The van der Waals surface area contributed by atoms with Crippen LogP contribution >= 0.6 is 0 Å². The van der Waals surface area contributed by atoms with Crippen LogP contribution in [0.25, 0.3) is 0 Å². The van der Waals surface area contributed by atoms with Gasteiger partial charge in [0, 0.05) is 13.2 Å². The van der Waals surface area contributed by atoms with Crippen LogP contribution in [0, 0.1) is 16.7 Å². The zero-order chi connectivity index (χ0) is 11.4. The number of nitrogens with one attached hydrogen (secondary N) is 1. The largest absolute Gasteiger partial charge is 0.396 e. The summed E-state index contributed by atoms with van der Waals surface area (Å²) in [6.45, 7) is 1.05. The summed E-state index contributed by atoms with van der Waals surface area (Å²) in [4.78, 5) is 0. The molecular formula is C11H14N4O. The predicted molar refractivity (Wildman–Crippen MR) is 58.6 cm³/mol. The first-order valence-corrected chi connectivity index (χ1v) is 5.37. The average Bonchev–Trinajstić information content (AvgIpc) is 3.08. The highest BCUT2D eigenvalue weighted by Gasteiger charge is 2.41. The zero-order valence-corrected chi connectivity index (χ0v) is 8.98. The van der Waals surface area contributed by atoms with Crippen LogP contribution in [0.5, 0.6) is 0 Å². The third-order valence-electron chi connectivity index (χ3n) is 3.02. The van der Waals surface area contributed by atoms with Crippen LogP contribution in [0.3, 0.4) is 0 Å². The number of nitrogens with zero attached hydrogens (tertiary/aromatic N) is 3. The zero-order valence-electron chi connectivity index (χ0n) is 8.98. The van der Waals surface area contributed by atoms with E-state index in [0.717, 1.165) is 25.8 Å². The van der Waals surface area contributed by atoms with Crippen molar-refractivity contribution in [2.24, 2.45) is 5.41 Å². The molecule has 16 heavy (non-hydrogen) atoms. The van der Waals surface area contributed by atoms with Crippen LogP contribution in [0.1, 0.15) is 25.0 Å². The maximum absolute atomic E-state index is 8.92. The summed E-state index contributed by atoms with van der Waals surface area (Å²) < 4.78 is 0. The van der Waals surface area contributed by atoms with Gasteiger partial charge in [-0.05, 0) is 36.8 Å². The van der Waals surface area contributed by atoms with Crippen LogP contribution < -0.4 is 5.32 Å². The normalized spacial score (nSPS) is 16.5. The number of aromatic nitrogens is 2. The van der Waals surface area contributed by atoms with E-state index in [1.807, 2.05) is 6.07 Å². The third kappa shape index (κ3) is 2.47. The highest BCUT2D eigenvalue weighted by molar-refractivity contribution is 5.35. The maximum Gasteiger partial charge on any atom is 0.163 e. The molecule has 1 aliphatic rings. The molecule has 84 valence electrons. The van der Waals surface area contributed by atoms with Gasteiger partial charge in [0.1, 0.15) is 11.9 Å². The Balaban J connectivity index is 1.88. The molecule has 5 heteroatoms. The summed E-state index contributed by atoms with van der Waals surface area (Å²) in [6.07, 6.45) is 3.15. The smallest absolute Gasteiger partial charge is 0.163 e. The molecule has 0 unspecified atom stereocenters. The van der Waals surface area contributed by atoms with Crippen LogP contribution in [0.2, 0.25) is 0 Å². The Hall–Kier alpha value is -1.67. The first-order valence-electron chi connectivity index (χ1n) is 5.37. The minimum absolute atomic E-state index is 0.237. The fourth-order valence-corrected chi connectivity index (χ4v) is 1.69. The van der Waals surface area contributed by atoms with E-state index in [1.165, 1.54) is 0 Å². The number of rotatable bonds is 5. The van der Waals surface area contributed by atoms with Gasteiger partial charge >= 0.3 is 0 Å². The predicted octanol–water partition coefficient (Wildman–Crippen LogP) is 0.923. The Morgan fingerprint density at radius 2 is 2.25 bits per heavy atom. The van der Waals surface area contributed by atoms with Gasteiger partial charge in [-0.1, -0.05) is 0 Å². The molecule has 0 saturated heterocycles. The Labute approximate surface area is 94.1 Å². The molecule has 0 radical (unpaired) electrons. The molecule has 2 rings (SSSR count). The lowest BCUT2D eigenvalue weighted by atomic mass is 10.0. The summed E-state index contributed by atoms with van der Waals surface area (Å²) in [6, 6.07) is 5.32. The van der Waals surface area contributed by atoms with E-state index < -0.39 is 0 Å². The van der Waals surface area contributed by atoms with Crippen LogP contribution in [0.15, 0.2) is 12.1 Å². The molecule has 1 saturated carbocycles. The molecule has 0 bridgehead atoms. The topological polar surface area (TPSA) is 81.8 Å². The first-order chi connectivity index (χ1) is 7.78. The van der Waals surface area contributed by atoms with Crippen molar-refractivity contribution >= 4 is 5.82 Å². The highest BCUT2D eigenvalue weighted by Crippen LogP contribution is 2.48. The quantitative estimate of drug-likeness (QED) is 0.768. The Morgan fingerprint density at radius 1 is 1.44 bits per heavy atom. The summed E-state index contributed by atoms with van der Waals surface area (Å²) in [5, 5.41) is 28.3. The fraction of sp³-hybridized carbons (Fsp3) is 0.545. The van der Waals surface area contributed by atoms with Crippen molar-refractivity contribution in [3.8, 4) is 6.07 Å². The standard InChI is InChI=1S/C11H14N4O/c12-7-9-1-2-10(15-14-9)13-8-11(3-4-11)5-6-16/h1-2,16H,3-6,8H2,(H,13,15). The molecule has 0 aromatic carbocycles. The number of hydrogen-bond acceptors (Lipinski definition) is 5. The van der Waals surface area contributed by atoms with Crippen LogP contribution in [0.4, 0.5) is 5.82 Å². The summed E-state index contributed by atoms with van der Waals surface area (Å²) in [7, 11) is 0. The number of aliphatic hydroxyl groups is 1. The van der Waals surface area contributed by atoms with Crippen molar-refractivity contribution in [2.75, 3.05) is 18.5 Å². The van der Waals surface area contributed by atoms with E-state index >= 15 is 0 Å². The molecule has 1 aromatic heterocycles. The van der Waals surface area contributed by atoms with Crippen molar-refractivity contribution in [2.45, 2.75) is 19.3 Å². The van der Waals surface area contributed by atoms with Gasteiger partial charge in [-0.2, -0.15) is 5.26 Å². The first kappa shape index (κ1) is 10.8. The van der Waals surface area contributed by atoms with E-state index in [-0.39, 0.29) is 12.0 Å². The lowest BCUT2D eigenvalue weighted by Gasteiger charge is -2.14. The SMILES string of the molecule is N#Cc1ccc(NCC2(CCO)CC2)nn1. The summed E-state index contributed by atoms with van der Waals surface area (Å²) in [5.74, 6) is 0.684. The van der Waals surface area contributed by atoms with Crippen molar-refractivity contribution < 1.29 is 5.11 Å². The molecule has 0 spiro atoms. The van der Waals surface area contributed by atoms with E-state index in [4.69, 9.17) is 10.4 Å². The van der Waals surface area contributed by atoms with E-state index in [9.17, 15) is 0 Å². The molecular weight excluding hydrogens is 204 g/mol. The Morgan fingerprint density at radius 3 is 2.75 bits per heavy atom. The lowest BCUT2D eigenvalue weighted by molar-refractivity contribution is 0.253. The Kier molecular flexibility index (Phi) is 3.02. The monoisotopic (exact) mass is 218 g/mol. The average molecular weight is 218 g/mol. The number of anilines is 1. The molecule has 1 fully saturated rings. The van der Waals surface area contributed by atoms with Gasteiger partial charge < -0.3 is 10.4 Å². The number of hydrogen-bond donors (Lipinski definition) is 2. The van der Waals surface area contributed by atoms with E-state index in [2.05, 4.69) is 15.5 Å². The van der Waals surface area contributed by atoms with Gasteiger partial charge in [0.05, 0.1) is 0 Å². The highest BCUT2D eigenvalue weighted by atomic mass is 16.3. The van der Waals surface area contributed by atoms with Crippen molar-refractivity contribution in [1.82, 2.24) is 10.2 Å². The van der Waals surface area contributed by atoms with Gasteiger partial charge in [0.2, 0.25) is 0 Å². The lowest BCUT2D eigenvalue weighted by Crippen LogP contribution is -2.17. The third-order valence-corrected chi connectivity index (χ3v) is 3.02. The second-order valence-corrected chi connectivity index (χ2v) is 4.24. The molecule has 1 aliphatic carbocycles. The molecule has 0 aliphatic heterocycles. The molecule has 1 aromatic rings. The van der Waals surface area contributed by atoms with Gasteiger partial charge in [-0.15, -0.1) is 10.2 Å². The van der Waals surface area contributed by atoms with Crippen molar-refractivity contribution in [3.05, 3.63) is 17.8 Å². The number of aliphatic hydroxyl groups excluding tert-OH is 1. The maximum atomic E-state index is 8.92. The molecule has 5 nitrogen and oxygen atoms in total. The van der Waals surface area contributed by atoms with Crippen molar-refractivity contribution in [1.29, 1.82) is 5.26 Å². The molecule has 0 amide bonds. The van der Waals surface area contributed by atoms with Gasteiger partial charge in [-0.3, -0.25) is 0 Å². The van der Waals surface area contributed by atoms with E-state index in [1.54, 1.807) is 12.1 Å². The van der Waals surface area contributed by atoms with Gasteiger partial charge in [0.15, 0.2) is 5.69 Å². The van der Waals surface area contributed by atoms with E-state index in [0.29, 0.717) is 11.5 Å². The van der Waals surface area contributed by atoms with Crippen LogP contribution in [-0.2, 0) is 0 Å². The minimum Gasteiger partial charge on any atom is -0.396 e. The number of nitriles is 1. The molecule has 2 N–H and O–H groups in total. The molecule has 1 heterocycles. The summed E-state index contributed by atoms with van der Waals surface area (Å²) >= 11 is 0.